The molecule has 2 aromatic rings. The molecule has 1 amide bonds. The number of rotatable bonds is 9. The first-order valence-electron chi connectivity index (χ1n) is 8.40. The number of methoxy groups -OCH3 is 2. The average molecular weight is 375 g/mol. The van der Waals surface area contributed by atoms with E-state index in [0.717, 1.165) is 22.6 Å². The number of phenols is 1. The zero-order valence-electron chi connectivity index (χ0n) is 15.4. The molecule has 140 valence electrons. The monoisotopic (exact) mass is 375 g/mol. The van der Waals surface area contributed by atoms with E-state index in [0.29, 0.717) is 24.5 Å². The Balaban J connectivity index is 1.81. The summed E-state index contributed by atoms with van der Waals surface area (Å²) in [4.78, 5) is 15.2. The normalized spacial score (nSPS) is 10.4. The minimum Gasteiger partial charge on any atom is -0.508 e. The van der Waals surface area contributed by atoms with Crippen LogP contribution in [0, 0.1) is 0 Å². The largest absolute Gasteiger partial charge is 0.508 e. The summed E-state index contributed by atoms with van der Waals surface area (Å²) in [6.45, 7) is 0.476. The van der Waals surface area contributed by atoms with Crippen molar-refractivity contribution in [3.63, 3.8) is 0 Å². The molecule has 2 aromatic carbocycles. The van der Waals surface area contributed by atoms with Crippen LogP contribution in [0.15, 0.2) is 47.4 Å². The van der Waals surface area contributed by atoms with Crippen LogP contribution in [0.25, 0.3) is 0 Å². The number of para-hydroxylation sites is 1. The second-order valence-corrected chi connectivity index (χ2v) is 7.02. The number of amides is 1. The molecule has 0 aliphatic heterocycles. The zero-order valence-corrected chi connectivity index (χ0v) is 16.2. The van der Waals surface area contributed by atoms with Crippen molar-refractivity contribution >= 4 is 17.7 Å². The van der Waals surface area contributed by atoms with Gasteiger partial charge in [0.2, 0.25) is 5.91 Å². The third-order valence-electron chi connectivity index (χ3n) is 3.96. The van der Waals surface area contributed by atoms with E-state index in [9.17, 15) is 9.90 Å². The van der Waals surface area contributed by atoms with Crippen LogP contribution in [0.2, 0.25) is 0 Å². The van der Waals surface area contributed by atoms with Gasteiger partial charge in [0.05, 0.1) is 14.2 Å². The lowest BCUT2D eigenvalue weighted by Crippen LogP contribution is -2.26. The number of hydrogen-bond donors (Lipinski definition) is 1. The Kier molecular flexibility index (Phi) is 7.66. The molecule has 0 bridgehead atoms. The Morgan fingerprint density at radius 3 is 2.50 bits per heavy atom. The van der Waals surface area contributed by atoms with Gasteiger partial charge in [-0.05, 0) is 42.5 Å². The van der Waals surface area contributed by atoms with Crippen LogP contribution in [-0.2, 0) is 11.3 Å². The standard InChI is InChI=1S/C20H25NO4S/c1-21(14-15-6-4-7-18(24-2)20(15)25-3)19(23)8-5-13-26-17-11-9-16(22)10-12-17/h4,6-7,9-12,22H,5,8,13-14H2,1-3H3. The minimum absolute atomic E-state index is 0.0983. The number of benzene rings is 2. The molecule has 0 saturated carbocycles. The van der Waals surface area contributed by atoms with Gasteiger partial charge in [-0.3, -0.25) is 4.79 Å². The Labute approximate surface area is 158 Å². The van der Waals surface area contributed by atoms with Crippen LogP contribution in [0.4, 0.5) is 0 Å². The van der Waals surface area contributed by atoms with E-state index in [1.807, 2.05) is 30.3 Å². The molecule has 0 aromatic heterocycles. The van der Waals surface area contributed by atoms with Crippen molar-refractivity contribution in [3.8, 4) is 17.2 Å². The number of aromatic hydroxyl groups is 1. The minimum atomic E-state index is 0.0983. The summed E-state index contributed by atoms with van der Waals surface area (Å²) in [5.41, 5.74) is 0.918. The van der Waals surface area contributed by atoms with Gasteiger partial charge in [0.15, 0.2) is 11.5 Å². The van der Waals surface area contributed by atoms with Crippen LogP contribution in [0.3, 0.4) is 0 Å². The van der Waals surface area contributed by atoms with Crippen LogP contribution in [0.5, 0.6) is 17.2 Å². The summed E-state index contributed by atoms with van der Waals surface area (Å²) in [7, 11) is 5.00. The van der Waals surface area contributed by atoms with E-state index in [1.165, 1.54) is 0 Å². The van der Waals surface area contributed by atoms with Crippen LogP contribution in [0.1, 0.15) is 18.4 Å². The number of thioether (sulfide) groups is 1. The molecular formula is C20H25NO4S. The highest BCUT2D eigenvalue weighted by molar-refractivity contribution is 7.99. The topological polar surface area (TPSA) is 59.0 Å². The molecule has 5 nitrogen and oxygen atoms in total. The van der Waals surface area contributed by atoms with Crippen LogP contribution < -0.4 is 9.47 Å². The summed E-state index contributed by atoms with van der Waals surface area (Å²) in [6.07, 6.45) is 1.29. The van der Waals surface area contributed by atoms with Crippen molar-refractivity contribution < 1.29 is 19.4 Å². The van der Waals surface area contributed by atoms with Crippen molar-refractivity contribution in [2.75, 3.05) is 27.0 Å². The molecule has 0 aliphatic rings. The van der Waals surface area contributed by atoms with Gasteiger partial charge in [-0.25, -0.2) is 0 Å². The number of carbonyl (C=O) groups is 1. The molecule has 0 unspecified atom stereocenters. The van der Waals surface area contributed by atoms with Crippen LogP contribution in [-0.4, -0.2) is 42.9 Å². The number of nitrogens with zero attached hydrogens (tertiary/aromatic N) is 1. The molecule has 0 atom stereocenters. The smallest absolute Gasteiger partial charge is 0.222 e. The maximum absolute atomic E-state index is 12.4. The fourth-order valence-corrected chi connectivity index (χ4v) is 3.42. The summed E-state index contributed by atoms with van der Waals surface area (Å²) >= 11 is 1.68. The second kappa shape index (κ2) is 9.97. The first-order chi connectivity index (χ1) is 12.5. The van der Waals surface area contributed by atoms with Crippen molar-refractivity contribution in [1.29, 1.82) is 0 Å². The second-order valence-electron chi connectivity index (χ2n) is 5.85. The highest BCUT2D eigenvalue weighted by atomic mass is 32.2. The SMILES string of the molecule is COc1cccc(CN(C)C(=O)CCCSc2ccc(O)cc2)c1OC. The predicted octanol–water partition coefficient (Wildman–Crippen LogP) is 3.94. The van der Waals surface area contributed by atoms with Gasteiger partial charge in [-0.15, -0.1) is 11.8 Å². The molecule has 6 heteroatoms. The Morgan fingerprint density at radius 2 is 1.85 bits per heavy atom. The van der Waals surface area contributed by atoms with E-state index in [2.05, 4.69) is 0 Å². The molecule has 2 rings (SSSR count). The molecule has 1 N–H and O–H groups in total. The first kappa shape index (κ1) is 20.0. The van der Waals surface area contributed by atoms with E-state index in [4.69, 9.17) is 9.47 Å². The van der Waals surface area contributed by atoms with Gasteiger partial charge < -0.3 is 19.5 Å². The number of carbonyl (C=O) groups excluding carboxylic acids is 1. The number of ether oxygens (including phenoxy) is 2. The number of phenolic OH excluding ortho intramolecular Hbond substituents is 1. The molecular weight excluding hydrogens is 350 g/mol. The summed E-state index contributed by atoms with van der Waals surface area (Å²) in [6, 6.07) is 12.8. The fourth-order valence-electron chi connectivity index (χ4n) is 2.57. The molecule has 26 heavy (non-hydrogen) atoms. The van der Waals surface area contributed by atoms with Gasteiger partial charge in [0, 0.05) is 30.5 Å². The van der Waals surface area contributed by atoms with E-state index >= 15 is 0 Å². The van der Waals surface area contributed by atoms with Gasteiger partial charge >= 0.3 is 0 Å². The van der Waals surface area contributed by atoms with Crippen molar-refractivity contribution in [3.05, 3.63) is 48.0 Å². The van der Waals surface area contributed by atoms with Crippen molar-refractivity contribution in [2.45, 2.75) is 24.3 Å². The van der Waals surface area contributed by atoms with Gasteiger partial charge in [0.1, 0.15) is 5.75 Å². The highest BCUT2D eigenvalue weighted by Gasteiger charge is 2.14. The maximum Gasteiger partial charge on any atom is 0.222 e. The number of hydrogen-bond acceptors (Lipinski definition) is 5. The zero-order chi connectivity index (χ0) is 18.9. The summed E-state index contributed by atoms with van der Waals surface area (Å²) in [5, 5.41) is 9.28. The fraction of sp³-hybridized carbons (Fsp3) is 0.350. The van der Waals surface area contributed by atoms with E-state index in [-0.39, 0.29) is 11.7 Å². The Morgan fingerprint density at radius 1 is 1.12 bits per heavy atom. The Hall–Kier alpha value is -2.34. The molecule has 0 radical (unpaired) electrons. The third-order valence-corrected chi connectivity index (χ3v) is 5.06. The van der Waals surface area contributed by atoms with Crippen molar-refractivity contribution in [1.82, 2.24) is 4.90 Å². The summed E-state index contributed by atoms with van der Waals surface area (Å²) in [5.74, 6) is 2.54. The third kappa shape index (κ3) is 5.59. The lowest BCUT2D eigenvalue weighted by Gasteiger charge is -2.20. The molecule has 0 fully saturated rings. The van der Waals surface area contributed by atoms with Gasteiger partial charge in [0.25, 0.3) is 0 Å². The quantitative estimate of drug-likeness (QED) is 0.531. The molecule has 0 aliphatic carbocycles. The predicted molar refractivity (Wildman–Crippen MR) is 104 cm³/mol. The first-order valence-corrected chi connectivity index (χ1v) is 9.39. The van der Waals surface area contributed by atoms with Crippen LogP contribution >= 0.6 is 11.8 Å². The molecule has 0 spiro atoms. The van der Waals surface area contributed by atoms with E-state index < -0.39 is 0 Å². The molecule has 0 heterocycles. The molecule has 0 saturated heterocycles. The highest BCUT2D eigenvalue weighted by Crippen LogP contribution is 2.31. The van der Waals surface area contributed by atoms with Crippen molar-refractivity contribution in [2.24, 2.45) is 0 Å². The maximum atomic E-state index is 12.4. The lowest BCUT2D eigenvalue weighted by atomic mass is 10.1. The van der Waals surface area contributed by atoms with Gasteiger partial charge in [-0.2, -0.15) is 0 Å². The Bertz CT molecular complexity index is 718. The van der Waals surface area contributed by atoms with Gasteiger partial charge in [-0.1, -0.05) is 12.1 Å². The van der Waals surface area contributed by atoms with E-state index in [1.54, 1.807) is 50.1 Å². The summed E-state index contributed by atoms with van der Waals surface area (Å²) < 4.78 is 10.7. The average Bonchev–Trinajstić information content (AvgIpc) is 2.66. The lowest BCUT2D eigenvalue weighted by molar-refractivity contribution is -0.130.